The molecule has 0 unspecified atom stereocenters. The van der Waals surface area contributed by atoms with Gasteiger partial charge in [-0.05, 0) is 19.3 Å². The van der Waals surface area contributed by atoms with Gasteiger partial charge in [-0.2, -0.15) is 0 Å². The van der Waals surface area contributed by atoms with Crippen molar-refractivity contribution in [3.8, 4) is 0 Å². The van der Waals surface area contributed by atoms with Crippen molar-refractivity contribution in [2.24, 2.45) is 0 Å². The van der Waals surface area contributed by atoms with Gasteiger partial charge in [-0.3, -0.25) is 0 Å². The summed E-state index contributed by atoms with van der Waals surface area (Å²) in [6.07, 6.45) is 17.6. The zero-order valence-corrected chi connectivity index (χ0v) is 18.2. The highest BCUT2D eigenvalue weighted by atomic mass is 32.2. The standard InChI is InChI=1S/C21H45NO2S/c1-4-7-10-12-13-14-15-16-18-21-25(23,24)22(19-9-6-3)20-17-11-8-5-2/h4-21H2,1-3H3. The first-order valence-electron chi connectivity index (χ1n) is 11.1. The number of rotatable bonds is 19. The van der Waals surface area contributed by atoms with Gasteiger partial charge in [0.15, 0.2) is 0 Å². The average Bonchev–Trinajstić information content (AvgIpc) is 2.59. The monoisotopic (exact) mass is 375 g/mol. The van der Waals surface area contributed by atoms with E-state index in [-0.39, 0.29) is 0 Å². The predicted octanol–water partition coefficient (Wildman–Crippen LogP) is 6.53. The van der Waals surface area contributed by atoms with Gasteiger partial charge in [0, 0.05) is 13.1 Å². The van der Waals surface area contributed by atoms with Gasteiger partial charge in [-0.15, -0.1) is 0 Å². The molecule has 3 nitrogen and oxygen atoms in total. The molecule has 0 aliphatic carbocycles. The van der Waals surface area contributed by atoms with Crippen molar-refractivity contribution in [2.75, 3.05) is 18.8 Å². The van der Waals surface area contributed by atoms with Gasteiger partial charge in [0.2, 0.25) is 10.0 Å². The molecule has 0 aromatic heterocycles. The third-order valence-corrected chi connectivity index (χ3v) is 6.88. The molecule has 0 aliphatic heterocycles. The number of sulfonamides is 1. The topological polar surface area (TPSA) is 37.4 Å². The molecule has 0 radical (unpaired) electrons. The van der Waals surface area contributed by atoms with Gasteiger partial charge in [-0.25, -0.2) is 12.7 Å². The SMILES string of the molecule is CCCCCCCCCCCS(=O)(=O)N(CCCC)CCCCCC. The van der Waals surface area contributed by atoms with E-state index < -0.39 is 10.0 Å². The minimum atomic E-state index is -3.05. The molecule has 152 valence electrons. The first-order valence-corrected chi connectivity index (χ1v) is 12.7. The average molecular weight is 376 g/mol. The summed E-state index contributed by atoms with van der Waals surface area (Å²) < 4.78 is 27.0. The number of unbranched alkanes of at least 4 members (excludes halogenated alkanes) is 12. The lowest BCUT2D eigenvalue weighted by atomic mass is 10.1. The highest BCUT2D eigenvalue weighted by Crippen LogP contribution is 2.13. The number of hydrogen-bond acceptors (Lipinski definition) is 2. The minimum absolute atomic E-state index is 0.348. The Bertz CT molecular complexity index is 368. The molecule has 0 heterocycles. The van der Waals surface area contributed by atoms with E-state index in [2.05, 4.69) is 20.8 Å². The van der Waals surface area contributed by atoms with Crippen molar-refractivity contribution in [1.82, 2.24) is 4.31 Å². The summed E-state index contributed by atoms with van der Waals surface area (Å²) in [6, 6.07) is 0. The summed E-state index contributed by atoms with van der Waals surface area (Å²) in [5.74, 6) is 0.348. The van der Waals surface area contributed by atoms with E-state index in [0.717, 1.165) is 45.1 Å². The fourth-order valence-electron chi connectivity index (χ4n) is 3.16. The fraction of sp³-hybridized carbons (Fsp3) is 1.00. The van der Waals surface area contributed by atoms with Crippen LogP contribution in [0, 0.1) is 0 Å². The normalized spacial score (nSPS) is 12.2. The summed E-state index contributed by atoms with van der Waals surface area (Å²) >= 11 is 0. The maximum Gasteiger partial charge on any atom is 0.214 e. The Kier molecular flexibility index (Phi) is 17.3. The summed E-state index contributed by atoms with van der Waals surface area (Å²) in [7, 11) is -3.05. The highest BCUT2D eigenvalue weighted by Gasteiger charge is 2.20. The van der Waals surface area contributed by atoms with Gasteiger partial charge in [0.25, 0.3) is 0 Å². The Morgan fingerprint density at radius 2 is 0.920 bits per heavy atom. The lowest BCUT2D eigenvalue weighted by Gasteiger charge is -2.22. The number of nitrogens with zero attached hydrogens (tertiary/aromatic N) is 1. The van der Waals surface area contributed by atoms with Crippen LogP contribution in [-0.2, 0) is 10.0 Å². The van der Waals surface area contributed by atoms with Crippen LogP contribution in [-0.4, -0.2) is 31.6 Å². The van der Waals surface area contributed by atoms with Crippen LogP contribution >= 0.6 is 0 Å². The molecule has 0 aromatic rings. The number of hydrogen-bond donors (Lipinski definition) is 0. The Morgan fingerprint density at radius 1 is 0.520 bits per heavy atom. The molecule has 0 N–H and O–H groups in total. The van der Waals surface area contributed by atoms with Crippen molar-refractivity contribution in [2.45, 2.75) is 117 Å². The molecule has 0 aromatic carbocycles. The van der Waals surface area contributed by atoms with Crippen LogP contribution in [0.2, 0.25) is 0 Å². The summed E-state index contributed by atoms with van der Waals surface area (Å²) in [5, 5.41) is 0. The molecule has 4 heteroatoms. The molecule has 0 spiro atoms. The van der Waals surface area contributed by atoms with E-state index in [9.17, 15) is 8.42 Å². The Hall–Kier alpha value is -0.0900. The lowest BCUT2D eigenvalue weighted by molar-refractivity contribution is 0.389. The van der Waals surface area contributed by atoms with Crippen LogP contribution in [0.4, 0.5) is 0 Å². The third-order valence-electron chi connectivity index (χ3n) is 4.92. The van der Waals surface area contributed by atoms with E-state index in [0.29, 0.717) is 12.3 Å². The van der Waals surface area contributed by atoms with Crippen LogP contribution < -0.4 is 0 Å². The first-order chi connectivity index (χ1) is 12.1. The third kappa shape index (κ3) is 14.7. The molecule has 0 bridgehead atoms. The van der Waals surface area contributed by atoms with Crippen LogP contribution in [0.1, 0.15) is 117 Å². The lowest BCUT2D eigenvalue weighted by Crippen LogP contribution is -2.34. The van der Waals surface area contributed by atoms with E-state index in [4.69, 9.17) is 0 Å². The van der Waals surface area contributed by atoms with E-state index >= 15 is 0 Å². The fourth-order valence-corrected chi connectivity index (χ4v) is 4.81. The molecule has 0 amide bonds. The summed E-state index contributed by atoms with van der Waals surface area (Å²) in [4.78, 5) is 0. The van der Waals surface area contributed by atoms with Gasteiger partial charge >= 0.3 is 0 Å². The van der Waals surface area contributed by atoms with Crippen LogP contribution in [0.3, 0.4) is 0 Å². The molecule has 0 aliphatic rings. The summed E-state index contributed by atoms with van der Waals surface area (Å²) in [6.45, 7) is 7.99. The predicted molar refractivity (Wildman–Crippen MR) is 112 cm³/mol. The van der Waals surface area contributed by atoms with Crippen molar-refractivity contribution in [3.05, 3.63) is 0 Å². The van der Waals surface area contributed by atoms with Crippen LogP contribution in [0.5, 0.6) is 0 Å². The van der Waals surface area contributed by atoms with Crippen molar-refractivity contribution >= 4 is 10.0 Å². The van der Waals surface area contributed by atoms with E-state index in [1.807, 2.05) is 0 Å². The van der Waals surface area contributed by atoms with E-state index in [1.54, 1.807) is 4.31 Å². The maximum absolute atomic E-state index is 12.6. The molecular weight excluding hydrogens is 330 g/mol. The molecule has 0 fully saturated rings. The molecule has 0 saturated heterocycles. The van der Waals surface area contributed by atoms with Crippen LogP contribution in [0.25, 0.3) is 0 Å². The first kappa shape index (κ1) is 24.9. The van der Waals surface area contributed by atoms with Crippen LogP contribution in [0.15, 0.2) is 0 Å². The van der Waals surface area contributed by atoms with E-state index in [1.165, 1.54) is 57.8 Å². The largest absolute Gasteiger partial charge is 0.214 e. The smallest absolute Gasteiger partial charge is 0.212 e. The Balaban J connectivity index is 3.99. The van der Waals surface area contributed by atoms with Crippen molar-refractivity contribution in [1.29, 1.82) is 0 Å². The van der Waals surface area contributed by atoms with Crippen molar-refractivity contribution in [3.63, 3.8) is 0 Å². The second kappa shape index (κ2) is 17.3. The Morgan fingerprint density at radius 3 is 1.44 bits per heavy atom. The van der Waals surface area contributed by atoms with Gasteiger partial charge in [0.1, 0.15) is 0 Å². The molecule has 0 saturated carbocycles. The zero-order valence-electron chi connectivity index (χ0n) is 17.4. The molecule has 0 atom stereocenters. The van der Waals surface area contributed by atoms with Gasteiger partial charge in [-0.1, -0.05) is 97.8 Å². The highest BCUT2D eigenvalue weighted by molar-refractivity contribution is 7.89. The quantitative estimate of drug-likeness (QED) is 0.241. The maximum atomic E-state index is 12.6. The molecular formula is C21H45NO2S. The van der Waals surface area contributed by atoms with Gasteiger partial charge in [0.05, 0.1) is 5.75 Å². The van der Waals surface area contributed by atoms with Crippen molar-refractivity contribution < 1.29 is 8.42 Å². The minimum Gasteiger partial charge on any atom is -0.212 e. The molecule has 0 rings (SSSR count). The zero-order chi connectivity index (χ0) is 18.8. The Labute approximate surface area is 159 Å². The van der Waals surface area contributed by atoms with Gasteiger partial charge < -0.3 is 0 Å². The molecule has 25 heavy (non-hydrogen) atoms. The summed E-state index contributed by atoms with van der Waals surface area (Å²) in [5.41, 5.74) is 0. The second-order valence-electron chi connectivity index (χ2n) is 7.46. The second-order valence-corrected chi connectivity index (χ2v) is 9.55.